The largest absolute Gasteiger partial charge is 0.478 e. The summed E-state index contributed by atoms with van der Waals surface area (Å²) >= 11 is 6.11. The number of hydrogen-bond donors (Lipinski definition) is 2. The van der Waals surface area contributed by atoms with Crippen molar-refractivity contribution in [1.29, 1.82) is 0 Å². The number of methoxy groups -OCH3 is 1. The topological polar surface area (TPSA) is 174 Å². The van der Waals surface area contributed by atoms with Crippen LogP contribution < -0.4 is 10.2 Å². The fourth-order valence-electron chi connectivity index (χ4n) is 6.90. The number of nitrogens with one attached hydrogen (secondary N) is 1. The number of piperazine rings is 1. The Kier molecular flexibility index (Phi) is 15.3. The summed E-state index contributed by atoms with van der Waals surface area (Å²) in [4.78, 5) is 45.8. The van der Waals surface area contributed by atoms with Gasteiger partial charge in [0.15, 0.2) is 5.82 Å². The highest BCUT2D eigenvalue weighted by molar-refractivity contribution is 6.31. The first-order valence-electron chi connectivity index (χ1n) is 18.9. The summed E-state index contributed by atoms with van der Waals surface area (Å²) in [6.45, 7) is 7.87. The van der Waals surface area contributed by atoms with E-state index in [1.165, 1.54) is 64.5 Å². The van der Waals surface area contributed by atoms with E-state index in [1.807, 2.05) is 18.2 Å². The number of tetrazole rings is 1. The van der Waals surface area contributed by atoms with Gasteiger partial charge in [-0.1, -0.05) is 23.7 Å². The van der Waals surface area contributed by atoms with Crippen molar-refractivity contribution in [3.05, 3.63) is 100 Å². The zero-order valence-electron chi connectivity index (χ0n) is 32.1. The van der Waals surface area contributed by atoms with Crippen LogP contribution in [0.3, 0.4) is 0 Å². The molecule has 1 saturated heterocycles. The molecule has 6 rings (SSSR count). The molecule has 2 aliphatic rings. The summed E-state index contributed by atoms with van der Waals surface area (Å²) in [6.07, 6.45) is 4.27. The smallest absolute Gasteiger partial charge is 0.335 e. The highest BCUT2D eigenvalue weighted by Gasteiger charge is 2.37. The van der Waals surface area contributed by atoms with Gasteiger partial charge in [0.25, 0.3) is 5.91 Å². The predicted octanol–water partition coefficient (Wildman–Crippen LogP) is 3.75. The van der Waals surface area contributed by atoms with Crippen LogP contribution in [0.2, 0.25) is 5.02 Å². The number of halogens is 2. The van der Waals surface area contributed by atoms with Crippen molar-refractivity contribution < 1.29 is 42.8 Å². The van der Waals surface area contributed by atoms with Crippen molar-refractivity contribution in [2.75, 3.05) is 103 Å². The lowest BCUT2D eigenvalue weighted by atomic mass is 9.89. The molecule has 0 saturated carbocycles. The van der Waals surface area contributed by atoms with Gasteiger partial charge >= 0.3 is 5.97 Å². The summed E-state index contributed by atoms with van der Waals surface area (Å²) in [6, 6.07) is 13.4. The molecular weight excluding hydrogens is 775 g/mol. The Labute approximate surface area is 340 Å². The first-order valence-corrected chi connectivity index (χ1v) is 19.3. The summed E-state index contributed by atoms with van der Waals surface area (Å²) < 4.78 is 38.3. The molecule has 1 atom stereocenters. The third kappa shape index (κ3) is 10.8. The predicted molar refractivity (Wildman–Crippen MR) is 213 cm³/mol. The van der Waals surface area contributed by atoms with Crippen LogP contribution in [-0.2, 0) is 35.0 Å². The molecule has 3 heterocycles. The lowest BCUT2D eigenvalue weighted by molar-refractivity contribution is -0.135. The number of carboxylic acid groups (broad SMARTS) is 1. The SMILES string of the molecule is COCCOCCOCCOCCN1CCN(c2cccc3c2CCN(C(=O)/C=C/c2c(-n4cnnn4)ccc(Cl)c2F)[C@@H]3C(=O)Nc2ccc(C(=O)O)cc2)CC1. The maximum Gasteiger partial charge on any atom is 0.335 e. The van der Waals surface area contributed by atoms with E-state index >= 15 is 4.39 Å². The highest BCUT2D eigenvalue weighted by atomic mass is 35.5. The fourth-order valence-corrected chi connectivity index (χ4v) is 7.06. The summed E-state index contributed by atoms with van der Waals surface area (Å²) in [5, 5.41) is 23.2. The van der Waals surface area contributed by atoms with Gasteiger partial charge in [-0.2, -0.15) is 4.68 Å². The van der Waals surface area contributed by atoms with E-state index in [2.05, 4.69) is 30.6 Å². The van der Waals surface area contributed by atoms with Gasteiger partial charge in [-0.25, -0.2) is 9.18 Å². The number of aromatic nitrogens is 4. The molecular formula is C40H46ClFN8O8. The standard InChI is InChI=1S/C40H46ClFN8O8/c1-55-21-22-57-25-26-58-24-23-56-20-19-47-15-17-48(18-16-47)34-4-2-3-31-30(34)13-14-49(38(31)39(52)44-29-7-5-28(6-8-29)40(53)54)36(51)12-9-32-35(50-27-43-45-46-50)11-10-33(41)37(32)42/h2-12,27,38H,13-26H2,1H3,(H,44,52)(H,53,54)/b12-9+/t38-/m0/s1. The van der Waals surface area contributed by atoms with Crippen LogP contribution in [0.25, 0.3) is 11.8 Å². The van der Waals surface area contributed by atoms with Gasteiger partial charge in [0.2, 0.25) is 5.91 Å². The average Bonchev–Trinajstić information content (AvgIpc) is 3.78. The number of fused-ring (bicyclic) bond motifs is 1. The Morgan fingerprint density at radius 3 is 2.28 bits per heavy atom. The van der Waals surface area contributed by atoms with E-state index in [0.717, 1.165) is 44.0 Å². The first-order chi connectivity index (χ1) is 28.2. The fraction of sp³-hybridized carbons (Fsp3) is 0.400. The maximum absolute atomic E-state index is 15.4. The van der Waals surface area contributed by atoms with Crippen LogP contribution >= 0.6 is 11.6 Å². The van der Waals surface area contributed by atoms with E-state index in [4.69, 9.17) is 30.5 Å². The Bertz CT molecular complexity index is 2030. The molecule has 1 fully saturated rings. The van der Waals surface area contributed by atoms with E-state index in [9.17, 15) is 19.5 Å². The number of carbonyl (C=O) groups is 3. The number of anilines is 2. The maximum atomic E-state index is 15.4. The average molecular weight is 821 g/mol. The summed E-state index contributed by atoms with van der Waals surface area (Å²) in [5.41, 5.74) is 3.29. The van der Waals surface area contributed by atoms with Gasteiger partial charge in [-0.15, -0.1) is 5.10 Å². The Morgan fingerprint density at radius 2 is 1.60 bits per heavy atom. The molecule has 308 valence electrons. The van der Waals surface area contributed by atoms with Crippen molar-refractivity contribution in [1.82, 2.24) is 30.0 Å². The van der Waals surface area contributed by atoms with Crippen LogP contribution in [0.5, 0.6) is 0 Å². The van der Waals surface area contributed by atoms with Gasteiger partial charge in [-0.05, 0) is 76.5 Å². The minimum Gasteiger partial charge on any atom is -0.478 e. The minimum absolute atomic E-state index is 0.0114. The quantitative estimate of drug-likeness (QED) is 0.104. The van der Waals surface area contributed by atoms with Crippen LogP contribution in [0, 0.1) is 5.82 Å². The minimum atomic E-state index is -1.10. The number of carbonyl (C=O) groups excluding carboxylic acids is 2. The molecule has 2 amide bonds. The highest BCUT2D eigenvalue weighted by Crippen LogP contribution is 2.37. The molecule has 18 heteroatoms. The summed E-state index contributed by atoms with van der Waals surface area (Å²) in [7, 11) is 1.63. The lowest BCUT2D eigenvalue weighted by Gasteiger charge is -2.40. The third-order valence-corrected chi connectivity index (χ3v) is 10.2. The Morgan fingerprint density at radius 1 is 0.897 bits per heavy atom. The number of nitrogens with zero attached hydrogens (tertiary/aromatic N) is 7. The van der Waals surface area contributed by atoms with Gasteiger partial charge in [0.1, 0.15) is 12.4 Å². The van der Waals surface area contributed by atoms with Crippen molar-refractivity contribution in [2.24, 2.45) is 0 Å². The molecule has 0 radical (unpaired) electrons. The lowest BCUT2D eigenvalue weighted by Crippen LogP contribution is -2.48. The number of benzene rings is 3. The zero-order chi connectivity index (χ0) is 40.9. The number of carboxylic acids is 1. The number of hydrogen-bond acceptors (Lipinski definition) is 12. The zero-order valence-corrected chi connectivity index (χ0v) is 32.9. The molecule has 0 aliphatic carbocycles. The van der Waals surface area contributed by atoms with Crippen LogP contribution in [0.4, 0.5) is 15.8 Å². The molecule has 0 bridgehead atoms. The number of rotatable bonds is 19. The van der Waals surface area contributed by atoms with Crippen molar-refractivity contribution in [2.45, 2.75) is 12.5 Å². The van der Waals surface area contributed by atoms with Crippen LogP contribution in [-0.4, -0.2) is 146 Å². The molecule has 0 spiro atoms. The van der Waals surface area contributed by atoms with Gasteiger partial charge < -0.3 is 39.2 Å². The molecule has 2 aliphatic heterocycles. The van der Waals surface area contributed by atoms with E-state index in [1.54, 1.807) is 7.11 Å². The van der Waals surface area contributed by atoms with Gasteiger partial charge in [-0.3, -0.25) is 14.5 Å². The van der Waals surface area contributed by atoms with E-state index in [-0.39, 0.29) is 28.4 Å². The third-order valence-electron chi connectivity index (χ3n) is 9.87. The van der Waals surface area contributed by atoms with Crippen molar-refractivity contribution >= 4 is 46.8 Å². The van der Waals surface area contributed by atoms with Crippen LogP contribution in [0.1, 0.15) is 33.1 Å². The number of amides is 2. The molecule has 16 nitrogen and oxygen atoms in total. The monoisotopic (exact) mass is 820 g/mol. The second kappa shape index (κ2) is 20.9. The second-order valence-corrected chi connectivity index (χ2v) is 13.8. The molecule has 0 unspecified atom stereocenters. The van der Waals surface area contributed by atoms with Crippen LogP contribution in [0.15, 0.2) is 67.0 Å². The normalized spacial score (nSPS) is 15.8. The van der Waals surface area contributed by atoms with Crippen molar-refractivity contribution in [3.63, 3.8) is 0 Å². The Hall–Kier alpha value is -5.30. The molecule has 3 aromatic carbocycles. The number of ether oxygens (including phenoxy) is 4. The van der Waals surface area contributed by atoms with E-state index < -0.39 is 29.6 Å². The van der Waals surface area contributed by atoms with Gasteiger partial charge in [0, 0.05) is 69.4 Å². The molecule has 1 aromatic heterocycles. The molecule has 4 aromatic rings. The van der Waals surface area contributed by atoms with Gasteiger partial charge in [0.05, 0.1) is 62.5 Å². The number of aromatic carboxylic acids is 1. The van der Waals surface area contributed by atoms with E-state index in [0.29, 0.717) is 63.9 Å². The summed E-state index contributed by atoms with van der Waals surface area (Å²) in [5.74, 6) is -2.88. The Balaban J connectivity index is 1.14. The molecule has 2 N–H and O–H groups in total. The molecule has 58 heavy (non-hydrogen) atoms. The first kappa shape index (κ1) is 42.3. The van der Waals surface area contributed by atoms with Crippen molar-refractivity contribution in [3.8, 4) is 5.69 Å². The second-order valence-electron chi connectivity index (χ2n) is 13.4.